The molecule has 0 spiro atoms. The number of rotatable bonds is 11. The second-order valence-corrected chi connectivity index (χ2v) is 14.1. The van der Waals surface area contributed by atoms with E-state index < -0.39 is 10.0 Å². The molecule has 0 bridgehead atoms. The Balaban J connectivity index is 1.47. The highest BCUT2D eigenvalue weighted by Gasteiger charge is 2.37. The number of hydrogen-bond donors (Lipinski definition) is 3. The zero-order valence-electron chi connectivity index (χ0n) is 23.9. The number of nitrogens with zero attached hydrogens (tertiary/aromatic N) is 2. The molecule has 1 aliphatic carbocycles. The Kier molecular flexibility index (Phi) is 9.73. The smallest absolute Gasteiger partial charge is 0.407 e. The van der Waals surface area contributed by atoms with E-state index in [2.05, 4.69) is 34.2 Å². The van der Waals surface area contributed by atoms with Crippen LogP contribution < -0.4 is 15.4 Å². The number of anilines is 1. The molecule has 1 saturated carbocycles. The lowest BCUT2D eigenvalue weighted by molar-refractivity contribution is -0.141. The third-order valence-corrected chi connectivity index (χ3v) is 9.85. The number of benzene rings is 1. The average Bonchev–Trinajstić information content (AvgIpc) is 3.37. The van der Waals surface area contributed by atoms with Crippen LogP contribution in [0.25, 0.3) is 10.4 Å². The molecule has 2 heterocycles. The van der Waals surface area contributed by atoms with E-state index >= 15 is 0 Å². The van der Waals surface area contributed by atoms with Crippen molar-refractivity contribution in [1.29, 1.82) is 0 Å². The molecule has 2 fully saturated rings. The van der Waals surface area contributed by atoms with Gasteiger partial charge < -0.3 is 20.3 Å². The molecule has 10 nitrogen and oxygen atoms in total. The number of carbonyl (C=O) groups is 2. The summed E-state index contributed by atoms with van der Waals surface area (Å²) in [6.45, 7) is 11.1. The van der Waals surface area contributed by atoms with E-state index in [9.17, 15) is 18.0 Å². The van der Waals surface area contributed by atoms with Crippen molar-refractivity contribution in [3.63, 3.8) is 0 Å². The van der Waals surface area contributed by atoms with E-state index in [0.717, 1.165) is 35.6 Å². The van der Waals surface area contributed by atoms with Gasteiger partial charge in [0.2, 0.25) is 15.9 Å². The van der Waals surface area contributed by atoms with Crippen molar-refractivity contribution in [2.75, 3.05) is 25.0 Å². The lowest BCUT2D eigenvalue weighted by atomic mass is 9.86. The topological polar surface area (TPSA) is 130 Å². The van der Waals surface area contributed by atoms with Crippen LogP contribution in [0.4, 0.5) is 10.5 Å². The first-order valence-electron chi connectivity index (χ1n) is 14.1. The minimum Gasteiger partial charge on any atom is -0.447 e. The normalized spacial score (nSPS) is 21.4. The van der Waals surface area contributed by atoms with Crippen LogP contribution in [-0.2, 0) is 19.6 Å². The molecule has 12 heteroatoms. The van der Waals surface area contributed by atoms with Gasteiger partial charge in [-0.15, -0.1) is 11.3 Å². The third-order valence-electron chi connectivity index (χ3n) is 7.07. The number of nitrogens with one attached hydrogen (secondary N) is 3. The number of amides is 2. The van der Waals surface area contributed by atoms with Crippen LogP contribution in [0.2, 0.25) is 0 Å². The van der Waals surface area contributed by atoms with Crippen molar-refractivity contribution in [2.24, 2.45) is 5.92 Å². The maximum Gasteiger partial charge on any atom is 0.407 e. The van der Waals surface area contributed by atoms with Gasteiger partial charge in [0.1, 0.15) is 6.04 Å². The summed E-state index contributed by atoms with van der Waals surface area (Å²) in [6.07, 6.45) is 4.65. The van der Waals surface area contributed by atoms with Crippen LogP contribution in [0.5, 0.6) is 0 Å². The number of ether oxygens (including phenoxy) is 1. The molecule has 2 aromatic rings. The van der Waals surface area contributed by atoms with Crippen molar-refractivity contribution in [1.82, 2.24) is 19.9 Å². The van der Waals surface area contributed by atoms with Gasteiger partial charge in [-0.25, -0.2) is 22.9 Å². The summed E-state index contributed by atoms with van der Waals surface area (Å²) in [7, 11) is -3.78. The fraction of sp³-hybridized carbons (Fsp3) is 0.607. The van der Waals surface area contributed by atoms with Gasteiger partial charge in [-0.05, 0) is 57.6 Å². The molecule has 4 rings (SSSR count). The van der Waals surface area contributed by atoms with Gasteiger partial charge >= 0.3 is 6.09 Å². The van der Waals surface area contributed by atoms with Gasteiger partial charge in [-0.3, -0.25) is 4.79 Å². The van der Waals surface area contributed by atoms with Gasteiger partial charge in [-0.2, -0.15) is 0 Å². The Labute approximate surface area is 241 Å². The lowest BCUT2D eigenvalue weighted by Gasteiger charge is -2.40. The summed E-state index contributed by atoms with van der Waals surface area (Å²) in [6, 6.07) is 4.95. The molecule has 2 aliphatic rings. The molecule has 1 aromatic carbocycles. The van der Waals surface area contributed by atoms with Crippen molar-refractivity contribution in [3.05, 3.63) is 29.4 Å². The molecular weight excluding hydrogens is 550 g/mol. The SMILES string of the molecule is CCNS(=O)(=O)c1cc(N[C@@H]2CN(CC(C)C)C2=O)ccc1-c1cnc(C2CCC(NC(=O)OC(C)C)CC2)s1. The Hall–Kier alpha value is -2.70. The molecule has 40 heavy (non-hydrogen) atoms. The van der Waals surface area contributed by atoms with E-state index in [-0.39, 0.29) is 47.5 Å². The fourth-order valence-corrected chi connectivity index (χ4v) is 7.69. The third kappa shape index (κ3) is 7.32. The monoisotopic (exact) mass is 591 g/mol. The maximum absolute atomic E-state index is 13.2. The van der Waals surface area contributed by atoms with Crippen LogP contribution in [0.15, 0.2) is 29.3 Å². The molecule has 1 aromatic heterocycles. The molecule has 1 atom stereocenters. The fourth-order valence-electron chi connectivity index (χ4n) is 5.22. The van der Waals surface area contributed by atoms with Crippen molar-refractivity contribution in [2.45, 2.75) is 89.3 Å². The molecule has 1 aliphatic heterocycles. The Morgan fingerprint density at radius 1 is 1.18 bits per heavy atom. The highest BCUT2D eigenvalue weighted by atomic mass is 32.2. The van der Waals surface area contributed by atoms with E-state index in [1.54, 1.807) is 25.3 Å². The van der Waals surface area contributed by atoms with Crippen LogP contribution in [0, 0.1) is 5.92 Å². The summed E-state index contributed by atoms with van der Waals surface area (Å²) in [4.78, 5) is 31.9. The summed E-state index contributed by atoms with van der Waals surface area (Å²) >= 11 is 1.51. The van der Waals surface area contributed by atoms with Crippen LogP contribution in [0.1, 0.15) is 71.2 Å². The van der Waals surface area contributed by atoms with E-state index in [1.165, 1.54) is 11.3 Å². The first-order valence-corrected chi connectivity index (χ1v) is 16.4. The van der Waals surface area contributed by atoms with Gasteiger partial charge in [0.15, 0.2) is 0 Å². The number of alkyl carbamates (subject to hydrolysis) is 1. The second kappa shape index (κ2) is 12.9. The Morgan fingerprint density at radius 3 is 2.52 bits per heavy atom. The summed E-state index contributed by atoms with van der Waals surface area (Å²) in [5.41, 5.74) is 1.18. The standard InChI is InChI=1S/C28H41N5O5S2/c1-6-30-40(36,37)25-13-21(31-23-16-33(27(23)34)15-17(2)3)11-12-22(25)24-14-29-26(39-24)19-7-9-20(10-8-19)32-28(35)38-18(4)5/h11-14,17-20,23,30-31H,6-10,15-16H2,1-5H3,(H,32,35)/t19?,20?,23-/m1/s1. The number of hydrogen-bond acceptors (Lipinski definition) is 8. The Bertz CT molecular complexity index is 1300. The number of aromatic nitrogens is 1. The lowest BCUT2D eigenvalue weighted by Crippen LogP contribution is -2.60. The predicted octanol–water partition coefficient (Wildman–Crippen LogP) is 4.55. The molecule has 0 unspecified atom stereocenters. The minimum atomic E-state index is -3.78. The van der Waals surface area contributed by atoms with Gasteiger partial charge in [-0.1, -0.05) is 26.8 Å². The minimum absolute atomic E-state index is 0.0303. The highest BCUT2D eigenvalue weighted by Crippen LogP contribution is 2.40. The van der Waals surface area contributed by atoms with Gasteiger partial charge in [0, 0.05) is 49.0 Å². The van der Waals surface area contributed by atoms with Crippen LogP contribution >= 0.6 is 11.3 Å². The number of β-lactam (4-membered cyclic amide) rings is 1. The molecule has 3 N–H and O–H groups in total. The largest absolute Gasteiger partial charge is 0.447 e. The van der Waals surface area contributed by atoms with Gasteiger partial charge in [0.25, 0.3) is 0 Å². The first-order chi connectivity index (χ1) is 19.0. The van der Waals surface area contributed by atoms with Crippen LogP contribution in [0.3, 0.4) is 0 Å². The Morgan fingerprint density at radius 2 is 1.90 bits per heavy atom. The quantitative estimate of drug-likeness (QED) is 0.327. The molecule has 1 saturated heterocycles. The molecule has 220 valence electrons. The summed E-state index contributed by atoms with van der Waals surface area (Å²) in [5, 5.41) is 7.13. The zero-order valence-corrected chi connectivity index (χ0v) is 25.5. The maximum atomic E-state index is 13.2. The van der Waals surface area contributed by atoms with Crippen molar-refractivity contribution >= 4 is 39.0 Å². The van der Waals surface area contributed by atoms with E-state index in [0.29, 0.717) is 30.3 Å². The summed E-state index contributed by atoms with van der Waals surface area (Å²) in [5.74, 6) is 0.680. The second-order valence-electron chi connectivity index (χ2n) is 11.3. The first kappa shape index (κ1) is 30.3. The van der Waals surface area contributed by atoms with E-state index in [1.807, 2.05) is 24.8 Å². The van der Waals surface area contributed by atoms with E-state index in [4.69, 9.17) is 4.74 Å². The van der Waals surface area contributed by atoms with Gasteiger partial charge in [0.05, 0.1) is 20.9 Å². The zero-order chi connectivity index (χ0) is 29.0. The van der Waals surface area contributed by atoms with Crippen molar-refractivity contribution < 1.29 is 22.7 Å². The number of thiazole rings is 1. The molecule has 0 radical (unpaired) electrons. The van der Waals surface area contributed by atoms with Crippen LogP contribution in [-0.4, -0.2) is 68.1 Å². The van der Waals surface area contributed by atoms with Crippen molar-refractivity contribution in [3.8, 4) is 10.4 Å². The predicted molar refractivity (Wildman–Crippen MR) is 157 cm³/mol. The number of sulfonamides is 1. The average molecular weight is 592 g/mol. The highest BCUT2D eigenvalue weighted by molar-refractivity contribution is 7.89. The number of likely N-dealkylation sites (tertiary alicyclic amines) is 1. The summed E-state index contributed by atoms with van der Waals surface area (Å²) < 4.78 is 34.2. The molecule has 2 amide bonds. The number of carbonyl (C=O) groups excluding carboxylic acids is 2. The molecular formula is C28H41N5O5S2.